The maximum absolute atomic E-state index is 10.8. The van der Waals surface area contributed by atoms with E-state index < -0.39 is 5.97 Å². The maximum atomic E-state index is 10.8. The highest BCUT2D eigenvalue weighted by Gasteiger charge is 2.30. The van der Waals surface area contributed by atoms with Crippen LogP contribution in [0.5, 0.6) is 0 Å². The van der Waals surface area contributed by atoms with E-state index in [1.165, 1.54) is 0 Å². The molecule has 0 bridgehead atoms. The SMILES string of the molecule is O=C(O)[C@@H]1CCCN1SCCC[S]. The van der Waals surface area contributed by atoms with Crippen molar-refractivity contribution < 1.29 is 9.90 Å². The Balaban J connectivity index is 2.27. The van der Waals surface area contributed by atoms with Gasteiger partial charge < -0.3 is 5.11 Å². The standard InChI is InChI=1S/C8H14NO2S2/c10-8(11)7-3-1-4-9(7)13-6-2-5-12/h7H,1-6H2,(H,10,11)/t7-/m0/s1. The lowest BCUT2D eigenvalue weighted by Crippen LogP contribution is -2.31. The molecule has 1 fully saturated rings. The van der Waals surface area contributed by atoms with Gasteiger partial charge in [-0.25, -0.2) is 4.31 Å². The third-order valence-corrected chi connectivity index (χ3v) is 3.56. The van der Waals surface area contributed by atoms with Gasteiger partial charge in [-0.15, -0.1) is 0 Å². The Morgan fingerprint density at radius 3 is 3.08 bits per heavy atom. The van der Waals surface area contributed by atoms with Gasteiger partial charge >= 0.3 is 5.97 Å². The molecule has 0 aromatic rings. The summed E-state index contributed by atoms with van der Waals surface area (Å²) in [5, 5.41) is 8.86. The Hall–Kier alpha value is 0.130. The molecular weight excluding hydrogens is 206 g/mol. The van der Waals surface area contributed by atoms with E-state index in [2.05, 4.69) is 0 Å². The Morgan fingerprint density at radius 1 is 1.69 bits per heavy atom. The van der Waals surface area contributed by atoms with Crippen molar-refractivity contribution in [3.63, 3.8) is 0 Å². The van der Waals surface area contributed by atoms with Crippen LogP contribution in [-0.4, -0.2) is 39.5 Å². The molecule has 0 saturated carbocycles. The van der Waals surface area contributed by atoms with Crippen LogP contribution in [-0.2, 0) is 4.79 Å². The van der Waals surface area contributed by atoms with Crippen LogP contribution >= 0.6 is 24.6 Å². The molecule has 1 saturated heterocycles. The average Bonchev–Trinajstić information content (AvgIpc) is 2.53. The van der Waals surface area contributed by atoms with Crippen molar-refractivity contribution in [1.82, 2.24) is 4.31 Å². The first kappa shape index (κ1) is 11.2. The van der Waals surface area contributed by atoms with E-state index in [0.717, 1.165) is 37.3 Å². The molecule has 0 unspecified atom stereocenters. The van der Waals surface area contributed by atoms with Gasteiger partial charge in [0.2, 0.25) is 0 Å². The van der Waals surface area contributed by atoms with Crippen LogP contribution in [0.2, 0.25) is 0 Å². The molecule has 0 aromatic heterocycles. The zero-order chi connectivity index (χ0) is 9.68. The molecule has 1 N–H and O–H groups in total. The molecule has 0 aromatic carbocycles. The fraction of sp³-hybridized carbons (Fsp3) is 0.875. The fourth-order valence-corrected chi connectivity index (χ4v) is 2.85. The molecule has 1 aliphatic heterocycles. The Bertz CT molecular complexity index is 178. The molecule has 1 atom stereocenters. The monoisotopic (exact) mass is 220 g/mol. The molecule has 1 radical (unpaired) electrons. The molecule has 75 valence electrons. The number of nitrogens with zero attached hydrogens (tertiary/aromatic N) is 1. The highest BCUT2D eigenvalue weighted by molar-refractivity contribution is 7.97. The van der Waals surface area contributed by atoms with Gasteiger partial charge in [0.25, 0.3) is 0 Å². The zero-order valence-corrected chi connectivity index (χ0v) is 9.07. The van der Waals surface area contributed by atoms with Crippen molar-refractivity contribution in [3.8, 4) is 0 Å². The van der Waals surface area contributed by atoms with Gasteiger partial charge in [0.15, 0.2) is 0 Å². The van der Waals surface area contributed by atoms with Crippen molar-refractivity contribution in [2.75, 3.05) is 18.1 Å². The summed E-state index contributed by atoms with van der Waals surface area (Å²) in [5.41, 5.74) is 0. The Labute approximate surface area is 88.4 Å². The number of carboxylic acid groups (broad SMARTS) is 1. The summed E-state index contributed by atoms with van der Waals surface area (Å²) in [6.07, 6.45) is 2.77. The van der Waals surface area contributed by atoms with E-state index in [1.807, 2.05) is 4.31 Å². The van der Waals surface area contributed by atoms with Crippen LogP contribution in [0, 0.1) is 0 Å². The Morgan fingerprint density at radius 2 is 2.46 bits per heavy atom. The van der Waals surface area contributed by atoms with Crippen LogP contribution in [0.15, 0.2) is 0 Å². The molecule has 5 heteroatoms. The molecule has 1 rings (SSSR count). The summed E-state index contributed by atoms with van der Waals surface area (Å²) in [5.74, 6) is 1.02. The number of carboxylic acids is 1. The summed E-state index contributed by atoms with van der Waals surface area (Å²) in [4.78, 5) is 10.8. The van der Waals surface area contributed by atoms with Crippen LogP contribution in [0.25, 0.3) is 0 Å². The second-order valence-electron chi connectivity index (χ2n) is 3.03. The largest absolute Gasteiger partial charge is 0.480 e. The van der Waals surface area contributed by atoms with E-state index in [0.29, 0.717) is 0 Å². The van der Waals surface area contributed by atoms with Crippen molar-refractivity contribution in [3.05, 3.63) is 0 Å². The predicted octanol–water partition coefficient (Wildman–Crippen LogP) is 1.77. The third-order valence-electron chi connectivity index (χ3n) is 2.03. The Kier molecular flexibility index (Phi) is 4.98. The summed E-state index contributed by atoms with van der Waals surface area (Å²) in [6.45, 7) is 0.902. The van der Waals surface area contributed by atoms with Crippen LogP contribution in [0.3, 0.4) is 0 Å². The minimum Gasteiger partial charge on any atom is -0.480 e. The molecular formula is C8H14NO2S2. The minimum atomic E-state index is -0.691. The smallest absolute Gasteiger partial charge is 0.321 e. The van der Waals surface area contributed by atoms with Crippen LogP contribution in [0.4, 0.5) is 0 Å². The number of aliphatic carboxylic acids is 1. The van der Waals surface area contributed by atoms with Crippen LogP contribution < -0.4 is 0 Å². The molecule has 1 aliphatic rings. The van der Waals surface area contributed by atoms with Crippen molar-refractivity contribution >= 4 is 30.5 Å². The molecule has 0 amide bonds. The first-order valence-electron chi connectivity index (χ1n) is 4.46. The van der Waals surface area contributed by atoms with Gasteiger partial charge in [0, 0.05) is 18.1 Å². The minimum absolute atomic E-state index is 0.268. The average molecular weight is 220 g/mol. The predicted molar refractivity (Wildman–Crippen MR) is 56.9 cm³/mol. The molecule has 1 heterocycles. The van der Waals surface area contributed by atoms with Gasteiger partial charge in [-0.05, 0) is 19.3 Å². The van der Waals surface area contributed by atoms with Crippen LogP contribution in [0.1, 0.15) is 19.3 Å². The second kappa shape index (κ2) is 5.78. The van der Waals surface area contributed by atoms with Crippen molar-refractivity contribution in [2.24, 2.45) is 0 Å². The van der Waals surface area contributed by atoms with Gasteiger partial charge in [-0.1, -0.05) is 24.6 Å². The molecule has 13 heavy (non-hydrogen) atoms. The van der Waals surface area contributed by atoms with Gasteiger partial charge in [-0.2, -0.15) is 0 Å². The van der Waals surface area contributed by atoms with Gasteiger partial charge in [0.05, 0.1) is 0 Å². The summed E-state index contributed by atoms with van der Waals surface area (Å²) >= 11 is 6.46. The van der Waals surface area contributed by atoms with E-state index in [1.54, 1.807) is 11.9 Å². The molecule has 0 aliphatic carbocycles. The number of carbonyl (C=O) groups is 1. The number of hydrogen-bond acceptors (Lipinski definition) is 3. The van der Waals surface area contributed by atoms with Gasteiger partial charge in [0.1, 0.15) is 6.04 Å². The fourth-order valence-electron chi connectivity index (χ4n) is 1.38. The van der Waals surface area contributed by atoms with Gasteiger partial charge in [-0.3, -0.25) is 4.79 Å². The highest BCUT2D eigenvalue weighted by atomic mass is 32.2. The second-order valence-corrected chi connectivity index (χ2v) is 4.57. The van der Waals surface area contributed by atoms with Crippen molar-refractivity contribution in [1.29, 1.82) is 0 Å². The maximum Gasteiger partial charge on any atom is 0.321 e. The van der Waals surface area contributed by atoms with Crippen molar-refractivity contribution in [2.45, 2.75) is 25.3 Å². The lowest BCUT2D eigenvalue weighted by Gasteiger charge is -2.19. The van der Waals surface area contributed by atoms with E-state index in [-0.39, 0.29) is 6.04 Å². The zero-order valence-electron chi connectivity index (χ0n) is 7.44. The normalized spacial score (nSPS) is 23.6. The highest BCUT2D eigenvalue weighted by Crippen LogP contribution is 2.25. The molecule has 3 nitrogen and oxygen atoms in total. The number of hydrogen-bond donors (Lipinski definition) is 1. The topological polar surface area (TPSA) is 40.5 Å². The quantitative estimate of drug-likeness (QED) is 0.566. The van der Waals surface area contributed by atoms with E-state index in [9.17, 15) is 4.79 Å². The molecule has 0 spiro atoms. The third kappa shape index (κ3) is 3.40. The summed E-state index contributed by atoms with van der Waals surface area (Å²) in [6, 6.07) is -0.268. The van der Waals surface area contributed by atoms with E-state index >= 15 is 0 Å². The van der Waals surface area contributed by atoms with E-state index in [4.69, 9.17) is 17.7 Å². The summed E-state index contributed by atoms with van der Waals surface area (Å²) in [7, 11) is 0. The summed E-state index contributed by atoms with van der Waals surface area (Å²) < 4.78 is 1.98. The lowest BCUT2D eigenvalue weighted by molar-refractivity contribution is -0.140. The first-order valence-corrected chi connectivity index (χ1v) is 5.98. The lowest BCUT2D eigenvalue weighted by atomic mass is 10.2. The first-order chi connectivity index (χ1) is 6.25. The number of rotatable bonds is 5.